The lowest BCUT2D eigenvalue weighted by atomic mass is 9.81. The topological polar surface area (TPSA) is 51.6 Å². The molecule has 5 heteroatoms. The molecular weight excluding hydrogens is 250 g/mol. The van der Waals surface area contributed by atoms with Crippen molar-refractivity contribution in [3.05, 3.63) is 16.1 Å². The Balaban J connectivity index is 1.74. The normalized spacial score (nSPS) is 34.0. The molecule has 3 unspecified atom stereocenters. The number of aliphatic hydroxyl groups excluding tert-OH is 1. The highest BCUT2D eigenvalue weighted by Crippen LogP contribution is 2.42. The highest BCUT2D eigenvalue weighted by molar-refractivity contribution is 7.09. The minimum Gasteiger partial charge on any atom is -0.387 e. The second-order valence-electron chi connectivity index (χ2n) is 5.33. The van der Waals surface area contributed by atoms with Gasteiger partial charge in [-0.05, 0) is 25.7 Å². The third kappa shape index (κ3) is 2.20. The van der Waals surface area contributed by atoms with E-state index in [1.807, 2.05) is 12.4 Å². The van der Waals surface area contributed by atoms with Crippen LogP contribution in [0.15, 0.2) is 5.51 Å². The van der Waals surface area contributed by atoms with Crippen LogP contribution in [-0.2, 0) is 9.47 Å². The van der Waals surface area contributed by atoms with Gasteiger partial charge in [0.2, 0.25) is 0 Å². The number of nitrogens with zero attached hydrogens (tertiary/aromatic N) is 1. The summed E-state index contributed by atoms with van der Waals surface area (Å²) in [5.41, 5.74) is 2.63. The number of aliphatic hydroxyl groups is 1. The zero-order valence-corrected chi connectivity index (χ0v) is 11.4. The summed E-state index contributed by atoms with van der Waals surface area (Å²) in [4.78, 5) is 5.23. The van der Waals surface area contributed by atoms with Crippen molar-refractivity contribution >= 4 is 11.3 Å². The predicted molar refractivity (Wildman–Crippen MR) is 68.7 cm³/mol. The molecule has 1 N–H and O–H groups in total. The highest BCUT2D eigenvalue weighted by atomic mass is 32.1. The number of thiazole rings is 1. The van der Waals surface area contributed by atoms with E-state index >= 15 is 0 Å². The predicted octanol–water partition coefficient (Wildman–Crippen LogP) is 2.07. The molecule has 0 bridgehead atoms. The van der Waals surface area contributed by atoms with Gasteiger partial charge < -0.3 is 14.6 Å². The third-order valence-corrected chi connectivity index (χ3v) is 5.10. The molecule has 1 spiro atoms. The van der Waals surface area contributed by atoms with Crippen LogP contribution in [0.1, 0.15) is 35.9 Å². The summed E-state index contributed by atoms with van der Waals surface area (Å²) in [6.07, 6.45) is 2.36. The molecule has 0 amide bonds. The summed E-state index contributed by atoms with van der Waals surface area (Å²) >= 11 is 1.55. The molecule has 0 aliphatic carbocycles. The average molecular weight is 269 g/mol. The van der Waals surface area contributed by atoms with E-state index in [-0.39, 0.29) is 11.5 Å². The monoisotopic (exact) mass is 269 g/mol. The van der Waals surface area contributed by atoms with E-state index in [9.17, 15) is 5.11 Å². The molecule has 2 fully saturated rings. The number of rotatable bonds is 2. The van der Waals surface area contributed by atoms with Crippen LogP contribution in [0.2, 0.25) is 0 Å². The lowest BCUT2D eigenvalue weighted by Crippen LogP contribution is -2.41. The van der Waals surface area contributed by atoms with Gasteiger partial charge in [-0.2, -0.15) is 0 Å². The fourth-order valence-corrected chi connectivity index (χ4v) is 3.89. The van der Waals surface area contributed by atoms with E-state index in [1.54, 1.807) is 11.3 Å². The van der Waals surface area contributed by atoms with Gasteiger partial charge in [-0.1, -0.05) is 0 Å². The van der Waals surface area contributed by atoms with E-state index in [0.717, 1.165) is 43.0 Å². The summed E-state index contributed by atoms with van der Waals surface area (Å²) in [5, 5.41) is 10.5. The van der Waals surface area contributed by atoms with Crippen LogP contribution in [0.25, 0.3) is 0 Å². The Morgan fingerprint density at radius 2 is 2.44 bits per heavy atom. The van der Waals surface area contributed by atoms with E-state index in [0.29, 0.717) is 6.61 Å². The van der Waals surface area contributed by atoms with Crippen LogP contribution in [-0.4, -0.2) is 35.5 Å². The average Bonchev–Trinajstić information content (AvgIpc) is 2.98. The number of hydrogen-bond donors (Lipinski definition) is 1. The molecule has 100 valence electrons. The van der Waals surface area contributed by atoms with Gasteiger partial charge in [-0.15, -0.1) is 11.3 Å². The van der Waals surface area contributed by atoms with Gasteiger partial charge in [0.05, 0.1) is 34.4 Å². The lowest BCUT2D eigenvalue weighted by Gasteiger charge is -2.38. The molecule has 1 aromatic heterocycles. The van der Waals surface area contributed by atoms with Gasteiger partial charge in [-0.3, -0.25) is 0 Å². The first-order valence-electron chi connectivity index (χ1n) is 6.50. The van der Waals surface area contributed by atoms with Crippen LogP contribution in [0.3, 0.4) is 0 Å². The van der Waals surface area contributed by atoms with Crippen LogP contribution in [0, 0.1) is 12.8 Å². The number of aryl methyl sites for hydroxylation is 1. The molecule has 18 heavy (non-hydrogen) atoms. The summed E-state index contributed by atoms with van der Waals surface area (Å²) in [6, 6.07) is 0. The van der Waals surface area contributed by atoms with Crippen molar-refractivity contribution in [2.75, 3.05) is 19.8 Å². The molecule has 3 rings (SSSR count). The Hall–Kier alpha value is -0.490. The zero-order valence-electron chi connectivity index (χ0n) is 10.6. The number of hydrogen-bond acceptors (Lipinski definition) is 5. The number of aromatic nitrogens is 1. The molecule has 3 heterocycles. The maximum atomic E-state index is 10.5. The fraction of sp³-hybridized carbons (Fsp3) is 0.769. The molecule has 4 nitrogen and oxygen atoms in total. The zero-order chi connectivity index (χ0) is 12.6. The Labute approximate surface area is 111 Å². The molecule has 2 aliphatic rings. The van der Waals surface area contributed by atoms with Crippen molar-refractivity contribution in [1.29, 1.82) is 0 Å². The van der Waals surface area contributed by atoms with Gasteiger partial charge in [0.25, 0.3) is 0 Å². The third-order valence-electron chi connectivity index (χ3n) is 4.10. The summed E-state index contributed by atoms with van der Waals surface area (Å²) < 4.78 is 11.4. The molecule has 0 aromatic carbocycles. The molecule has 1 aromatic rings. The largest absolute Gasteiger partial charge is 0.387 e. The van der Waals surface area contributed by atoms with Gasteiger partial charge in [-0.25, -0.2) is 4.98 Å². The molecule has 0 saturated carbocycles. The van der Waals surface area contributed by atoms with Crippen LogP contribution in [0.4, 0.5) is 0 Å². The first-order valence-corrected chi connectivity index (χ1v) is 7.38. The Morgan fingerprint density at radius 1 is 1.56 bits per heavy atom. The van der Waals surface area contributed by atoms with Crippen molar-refractivity contribution < 1.29 is 14.6 Å². The second kappa shape index (κ2) is 4.89. The first kappa shape index (κ1) is 12.5. The standard InChI is InChI=1S/C13H19NO3S/c1-9-12(18-8-14-9)11(15)10-2-4-17-13(6-10)3-5-16-7-13/h8,10-11,15H,2-7H2,1H3. The minimum absolute atomic E-state index is 0.136. The maximum Gasteiger partial charge on any atom is 0.0940 e. The second-order valence-corrected chi connectivity index (χ2v) is 6.22. The smallest absolute Gasteiger partial charge is 0.0940 e. The highest BCUT2D eigenvalue weighted by Gasteiger charge is 2.43. The molecular formula is C13H19NO3S. The Kier molecular flexibility index (Phi) is 3.40. The Bertz CT molecular complexity index is 414. The van der Waals surface area contributed by atoms with Crippen molar-refractivity contribution in [2.24, 2.45) is 5.92 Å². The SMILES string of the molecule is Cc1ncsc1C(O)C1CCOC2(CCOC2)C1. The summed E-state index contributed by atoms with van der Waals surface area (Å²) in [7, 11) is 0. The molecule has 3 atom stereocenters. The van der Waals surface area contributed by atoms with Gasteiger partial charge in [0.15, 0.2) is 0 Å². The summed E-state index contributed by atoms with van der Waals surface area (Å²) in [5.74, 6) is 0.264. The first-order chi connectivity index (χ1) is 8.70. The van der Waals surface area contributed by atoms with Gasteiger partial charge in [0.1, 0.15) is 0 Å². The van der Waals surface area contributed by atoms with Crippen molar-refractivity contribution in [2.45, 2.75) is 37.9 Å². The summed E-state index contributed by atoms with van der Waals surface area (Å²) in [6.45, 7) is 4.14. The molecule has 0 radical (unpaired) electrons. The van der Waals surface area contributed by atoms with E-state index in [1.165, 1.54) is 0 Å². The lowest BCUT2D eigenvalue weighted by molar-refractivity contribution is -0.116. The van der Waals surface area contributed by atoms with Crippen LogP contribution in [0.5, 0.6) is 0 Å². The quantitative estimate of drug-likeness (QED) is 0.893. The minimum atomic E-state index is -0.404. The van der Waals surface area contributed by atoms with Crippen molar-refractivity contribution in [3.63, 3.8) is 0 Å². The number of ether oxygens (including phenoxy) is 2. The molecule has 2 aliphatic heterocycles. The fourth-order valence-electron chi connectivity index (χ4n) is 3.01. The van der Waals surface area contributed by atoms with Crippen molar-refractivity contribution in [1.82, 2.24) is 4.98 Å². The van der Waals surface area contributed by atoms with E-state index in [2.05, 4.69) is 4.98 Å². The van der Waals surface area contributed by atoms with Crippen LogP contribution >= 0.6 is 11.3 Å². The van der Waals surface area contributed by atoms with Gasteiger partial charge in [0, 0.05) is 19.6 Å². The molecule has 2 saturated heterocycles. The van der Waals surface area contributed by atoms with E-state index in [4.69, 9.17) is 9.47 Å². The van der Waals surface area contributed by atoms with Crippen LogP contribution < -0.4 is 0 Å². The van der Waals surface area contributed by atoms with Crippen molar-refractivity contribution in [3.8, 4) is 0 Å². The maximum absolute atomic E-state index is 10.5. The Morgan fingerprint density at radius 3 is 3.11 bits per heavy atom. The van der Waals surface area contributed by atoms with Gasteiger partial charge >= 0.3 is 0 Å². The van der Waals surface area contributed by atoms with E-state index < -0.39 is 6.10 Å².